The molecule has 2 rings (SSSR count). The van der Waals surface area contributed by atoms with E-state index < -0.39 is 0 Å². The van der Waals surface area contributed by atoms with Gasteiger partial charge in [0, 0.05) is 24.4 Å². The number of nitrogens with zero attached hydrogens (tertiary/aromatic N) is 1. The van der Waals surface area contributed by atoms with Crippen LogP contribution in [0.2, 0.25) is 0 Å². The number of oxazole rings is 1. The van der Waals surface area contributed by atoms with E-state index in [9.17, 15) is 4.79 Å². The van der Waals surface area contributed by atoms with Crippen LogP contribution < -0.4 is 10.1 Å². The topological polar surface area (TPSA) is 64.4 Å². The minimum Gasteiger partial charge on any atom is -0.494 e. The normalized spacial score (nSPS) is 12.0. The van der Waals surface area contributed by atoms with Crippen molar-refractivity contribution in [2.24, 2.45) is 0 Å². The van der Waals surface area contributed by atoms with Crippen molar-refractivity contribution in [3.8, 4) is 17.1 Å². The molecule has 0 bridgehead atoms. The zero-order chi connectivity index (χ0) is 17.4. The van der Waals surface area contributed by atoms with E-state index >= 15 is 0 Å². The van der Waals surface area contributed by atoms with E-state index in [1.54, 1.807) is 6.20 Å². The van der Waals surface area contributed by atoms with Gasteiger partial charge in [-0.1, -0.05) is 13.3 Å². The Morgan fingerprint density at radius 1 is 1.29 bits per heavy atom. The first-order valence-corrected chi connectivity index (χ1v) is 8.59. The van der Waals surface area contributed by atoms with Gasteiger partial charge in [0.15, 0.2) is 11.7 Å². The number of aromatic nitrogens is 1. The number of hydrogen-bond acceptors (Lipinski definition) is 4. The first-order valence-electron chi connectivity index (χ1n) is 8.59. The fourth-order valence-electron chi connectivity index (χ4n) is 2.51. The summed E-state index contributed by atoms with van der Waals surface area (Å²) in [5.41, 5.74) is 0.943. The van der Waals surface area contributed by atoms with Crippen molar-refractivity contribution in [2.75, 3.05) is 6.61 Å². The van der Waals surface area contributed by atoms with Crippen LogP contribution in [-0.4, -0.2) is 23.5 Å². The minimum absolute atomic E-state index is 0.0387. The molecule has 0 aliphatic rings. The summed E-state index contributed by atoms with van der Waals surface area (Å²) in [7, 11) is 0. The quantitative estimate of drug-likeness (QED) is 0.755. The van der Waals surface area contributed by atoms with E-state index in [0.717, 1.165) is 24.2 Å². The molecule has 0 fully saturated rings. The lowest BCUT2D eigenvalue weighted by molar-refractivity contribution is -0.121. The summed E-state index contributed by atoms with van der Waals surface area (Å²) in [6, 6.07) is 7.90. The highest BCUT2D eigenvalue weighted by Crippen LogP contribution is 2.23. The molecule has 130 valence electrons. The lowest BCUT2D eigenvalue weighted by Crippen LogP contribution is -2.32. The van der Waals surface area contributed by atoms with Crippen LogP contribution in [0.25, 0.3) is 11.3 Å². The third-order valence-corrected chi connectivity index (χ3v) is 3.70. The smallest absolute Gasteiger partial charge is 0.220 e. The second kappa shape index (κ2) is 9.11. The molecule has 1 N–H and O–H groups in total. The molecular formula is C19H26N2O3. The summed E-state index contributed by atoms with van der Waals surface area (Å²) in [5, 5.41) is 2.99. The standard InChI is InChI=1S/C19H26N2O3/c1-4-6-14(3)21-18(22)11-12-19-20-13-17(24-19)15-7-9-16(10-8-15)23-5-2/h7-10,13-14H,4-6,11-12H2,1-3H3,(H,21,22)/t14-/m0/s1. The van der Waals surface area contributed by atoms with Crippen molar-refractivity contribution in [1.29, 1.82) is 0 Å². The summed E-state index contributed by atoms with van der Waals surface area (Å²) in [4.78, 5) is 16.1. The Labute approximate surface area is 143 Å². The molecule has 0 saturated heterocycles. The molecule has 0 aliphatic carbocycles. The molecule has 5 nitrogen and oxygen atoms in total. The monoisotopic (exact) mass is 330 g/mol. The van der Waals surface area contributed by atoms with Crippen LogP contribution in [0, 0.1) is 0 Å². The molecule has 0 aliphatic heterocycles. The van der Waals surface area contributed by atoms with Crippen molar-refractivity contribution < 1.29 is 13.9 Å². The molecule has 0 spiro atoms. The highest BCUT2D eigenvalue weighted by Gasteiger charge is 2.11. The van der Waals surface area contributed by atoms with Crippen LogP contribution in [0.1, 0.15) is 45.9 Å². The van der Waals surface area contributed by atoms with Crippen LogP contribution in [0.3, 0.4) is 0 Å². The average molecular weight is 330 g/mol. The maximum Gasteiger partial charge on any atom is 0.220 e. The Morgan fingerprint density at radius 3 is 2.71 bits per heavy atom. The van der Waals surface area contributed by atoms with Crippen molar-refractivity contribution in [1.82, 2.24) is 10.3 Å². The van der Waals surface area contributed by atoms with Crippen molar-refractivity contribution in [3.63, 3.8) is 0 Å². The van der Waals surface area contributed by atoms with Gasteiger partial charge in [0.1, 0.15) is 5.75 Å². The number of amides is 1. The number of carbonyl (C=O) groups excluding carboxylic acids is 1. The fourth-order valence-corrected chi connectivity index (χ4v) is 2.51. The summed E-state index contributed by atoms with van der Waals surface area (Å²) >= 11 is 0. The zero-order valence-corrected chi connectivity index (χ0v) is 14.7. The molecular weight excluding hydrogens is 304 g/mol. The summed E-state index contributed by atoms with van der Waals surface area (Å²) < 4.78 is 11.2. The molecule has 1 aromatic carbocycles. The van der Waals surface area contributed by atoms with Crippen LogP contribution >= 0.6 is 0 Å². The van der Waals surface area contributed by atoms with E-state index in [0.29, 0.717) is 31.1 Å². The lowest BCUT2D eigenvalue weighted by Gasteiger charge is -2.11. The number of ether oxygens (including phenoxy) is 1. The van der Waals surface area contributed by atoms with Gasteiger partial charge < -0.3 is 14.5 Å². The minimum atomic E-state index is 0.0387. The van der Waals surface area contributed by atoms with Crippen molar-refractivity contribution >= 4 is 5.91 Å². The van der Waals surface area contributed by atoms with Gasteiger partial charge in [-0.15, -0.1) is 0 Å². The van der Waals surface area contributed by atoms with Gasteiger partial charge in [-0.2, -0.15) is 0 Å². The predicted octanol–water partition coefficient (Wildman–Crippen LogP) is 3.98. The lowest BCUT2D eigenvalue weighted by atomic mass is 10.2. The number of rotatable bonds is 9. The van der Waals surface area contributed by atoms with E-state index in [4.69, 9.17) is 9.15 Å². The van der Waals surface area contributed by atoms with Gasteiger partial charge >= 0.3 is 0 Å². The van der Waals surface area contributed by atoms with E-state index in [1.165, 1.54) is 0 Å². The molecule has 0 unspecified atom stereocenters. The van der Waals surface area contributed by atoms with Crippen LogP contribution in [0.4, 0.5) is 0 Å². The number of hydrogen-bond donors (Lipinski definition) is 1. The largest absolute Gasteiger partial charge is 0.494 e. The maximum atomic E-state index is 11.9. The SMILES string of the molecule is CCC[C@H](C)NC(=O)CCc1ncc(-c2ccc(OCC)cc2)o1. The predicted molar refractivity (Wildman–Crippen MR) is 93.9 cm³/mol. The highest BCUT2D eigenvalue weighted by atomic mass is 16.5. The second-order valence-corrected chi connectivity index (χ2v) is 5.83. The Kier molecular flexibility index (Phi) is 6.85. The van der Waals surface area contributed by atoms with Crippen molar-refractivity contribution in [2.45, 2.75) is 52.5 Å². The Hall–Kier alpha value is -2.30. The van der Waals surface area contributed by atoms with E-state index in [-0.39, 0.29) is 11.9 Å². The molecule has 2 aromatic rings. The first-order chi connectivity index (χ1) is 11.6. The van der Waals surface area contributed by atoms with Gasteiger partial charge in [-0.05, 0) is 44.5 Å². The van der Waals surface area contributed by atoms with Gasteiger partial charge in [-0.25, -0.2) is 4.98 Å². The molecule has 1 aromatic heterocycles. The average Bonchev–Trinajstić information content (AvgIpc) is 3.03. The third-order valence-electron chi connectivity index (χ3n) is 3.70. The Balaban J connectivity index is 1.87. The van der Waals surface area contributed by atoms with Crippen LogP contribution in [0.15, 0.2) is 34.9 Å². The molecule has 5 heteroatoms. The fraction of sp³-hybridized carbons (Fsp3) is 0.474. The summed E-state index contributed by atoms with van der Waals surface area (Å²) in [6.45, 7) is 6.73. The molecule has 0 radical (unpaired) electrons. The summed E-state index contributed by atoms with van der Waals surface area (Å²) in [5.74, 6) is 2.15. The Morgan fingerprint density at radius 2 is 2.04 bits per heavy atom. The first kappa shape index (κ1) is 18.0. The maximum absolute atomic E-state index is 11.9. The molecule has 1 atom stereocenters. The Bertz CT molecular complexity index is 634. The third kappa shape index (κ3) is 5.41. The highest BCUT2D eigenvalue weighted by molar-refractivity contribution is 5.76. The van der Waals surface area contributed by atoms with E-state index in [2.05, 4.69) is 17.2 Å². The molecule has 1 amide bonds. The number of benzene rings is 1. The molecule has 0 saturated carbocycles. The van der Waals surface area contributed by atoms with Gasteiger partial charge in [-0.3, -0.25) is 4.79 Å². The zero-order valence-electron chi connectivity index (χ0n) is 14.7. The van der Waals surface area contributed by atoms with Crippen LogP contribution in [-0.2, 0) is 11.2 Å². The number of carbonyl (C=O) groups is 1. The number of nitrogens with one attached hydrogen (secondary N) is 1. The summed E-state index contributed by atoms with van der Waals surface area (Å²) in [6.07, 6.45) is 4.64. The second-order valence-electron chi connectivity index (χ2n) is 5.83. The molecule has 1 heterocycles. The van der Waals surface area contributed by atoms with Gasteiger partial charge in [0.25, 0.3) is 0 Å². The van der Waals surface area contributed by atoms with Gasteiger partial charge in [0.2, 0.25) is 5.91 Å². The molecule has 24 heavy (non-hydrogen) atoms. The van der Waals surface area contributed by atoms with Gasteiger partial charge in [0.05, 0.1) is 12.8 Å². The number of aryl methyl sites for hydroxylation is 1. The van der Waals surface area contributed by atoms with Crippen molar-refractivity contribution in [3.05, 3.63) is 36.4 Å². The van der Waals surface area contributed by atoms with Crippen LogP contribution in [0.5, 0.6) is 5.75 Å². The van der Waals surface area contributed by atoms with E-state index in [1.807, 2.05) is 38.1 Å².